The Balaban J connectivity index is 1.04. The molecule has 0 aliphatic rings. The van der Waals surface area contributed by atoms with Gasteiger partial charge in [0.2, 0.25) is 0 Å². The van der Waals surface area contributed by atoms with E-state index in [2.05, 4.69) is 229 Å². The molecule has 13 aromatic rings. The van der Waals surface area contributed by atoms with Gasteiger partial charge in [0.25, 0.3) is 0 Å². The molecular formula is C60H37NO2. The summed E-state index contributed by atoms with van der Waals surface area (Å²) in [6.07, 6.45) is 0. The molecule has 0 spiro atoms. The number of rotatable bonds is 6. The zero-order valence-corrected chi connectivity index (χ0v) is 34.1. The van der Waals surface area contributed by atoms with Gasteiger partial charge in [-0.3, -0.25) is 0 Å². The van der Waals surface area contributed by atoms with Crippen molar-refractivity contribution in [1.82, 2.24) is 0 Å². The Hall–Kier alpha value is -8.40. The lowest BCUT2D eigenvalue weighted by atomic mass is 9.93. The van der Waals surface area contributed by atoms with Crippen LogP contribution in [-0.4, -0.2) is 0 Å². The predicted octanol–water partition coefficient (Wildman–Crippen LogP) is 17.4. The van der Waals surface area contributed by atoms with Gasteiger partial charge in [-0.2, -0.15) is 0 Å². The Bertz CT molecular complexity index is 3830. The van der Waals surface area contributed by atoms with Gasteiger partial charge in [-0.1, -0.05) is 182 Å². The molecule has 0 unspecified atom stereocenters. The van der Waals surface area contributed by atoms with Crippen LogP contribution in [0.2, 0.25) is 0 Å². The molecule has 0 saturated carbocycles. The van der Waals surface area contributed by atoms with Crippen LogP contribution in [0.15, 0.2) is 233 Å². The number of para-hydroxylation sites is 2. The minimum absolute atomic E-state index is 0.834. The summed E-state index contributed by atoms with van der Waals surface area (Å²) >= 11 is 0. The van der Waals surface area contributed by atoms with Crippen LogP contribution in [0.25, 0.3) is 110 Å². The smallest absolute Gasteiger partial charge is 0.143 e. The number of nitrogens with zero attached hydrogens (tertiary/aromatic N) is 1. The fraction of sp³-hybridized carbons (Fsp3) is 0. The molecule has 0 atom stereocenters. The van der Waals surface area contributed by atoms with Crippen molar-refractivity contribution in [3.63, 3.8) is 0 Å². The highest BCUT2D eigenvalue weighted by Gasteiger charge is 2.24. The molecule has 0 saturated heterocycles. The van der Waals surface area contributed by atoms with Crippen molar-refractivity contribution in [3.8, 4) is 33.4 Å². The van der Waals surface area contributed by atoms with Crippen LogP contribution < -0.4 is 4.90 Å². The molecule has 11 aromatic carbocycles. The maximum atomic E-state index is 7.08. The Morgan fingerprint density at radius 3 is 1.51 bits per heavy atom. The number of furan rings is 2. The standard InChI is InChI=1S/C60H37NO2/c1-2-13-38(14-3-1)41-27-29-42(30-28-41)47-21-10-22-50-51-23-11-24-52(59(51)63-58(47)50)53-37-54-57-55(25-12-26-56(57)62-60(54)49-20-9-8-19-48(49)53)61(45-33-31-39-15-4-6-17-43(39)35-45)46-34-32-40-16-5-7-18-44(40)36-46/h1-37H. The minimum atomic E-state index is 0.834. The Morgan fingerprint density at radius 2 is 0.810 bits per heavy atom. The Labute approximate surface area is 363 Å². The van der Waals surface area contributed by atoms with E-state index in [9.17, 15) is 0 Å². The van der Waals surface area contributed by atoms with Crippen LogP contribution in [-0.2, 0) is 0 Å². The van der Waals surface area contributed by atoms with Crippen molar-refractivity contribution < 1.29 is 8.83 Å². The zero-order valence-electron chi connectivity index (χ0n) is 34.1. The van der Waals surface area contributed by atoms with E-state index < -0.39 is 0 Å². The molecule has 2 heterocycles. The predicted molar refractivity (Wildman–Crippen MR) is 265 cm³/mol. The first-order valence-corrected chi connectivity index (χ1v) is 21.5. The van der Waals surface area contributed by atoms with Crippen LogP contribution in [0.3, 0.4) is 0 Å². The highest BCUT2D eigenvalue weighted by atomic mass is 16.3. The summed E-state index contributed by atoms with van der Waals surface area (Å²) < 4.78 is 14.0. The monoisotopic (exact) mass is 803 g/mol. The number of anilines is 3. The van der Waals surface area contributed by atoms with Crippen LogP contribution in [0, 0.1) is 0 Å². The van der Waals surface area contributed by atoms with E-state index >= 15 is 0 Å². The van der Waals surface area contributed by atoms with Crippen LogP contribution in [0.1, 0.15) is 0 Å². The molecule has 2 aromatic heterocycles. The van der Waals surface area contributed by atoms with Crippen molar-refractivity contribution >= 4 is 93.3 Å². The molecule has 0 fully saturated rings. The number of hydrogen-bond acceptors (Lipinski definition) is 3. The number of hydrogen-bond donors (Lipinski definition) is 0. The van der Waals surface area contributed by atoms with E-state index in [4.69, 9.17) is 8.83 Å². The summed E-state index contributed by atoms with van der Waals surface area (Å²) in [6.45, 7) is 0. The van der Waals surface area contributed by atoms with E-state index in [1.807, 2.05) is 0 Å². The maximum absolute atomic E-state index is 7.08. The largest absolute Gasteiger partial charge is 0.455 e. The average Bonchev–Trinajstić information content (AvgIpc) is 3.94. The lowest BCUT2D eigenvalue weighted by molar-refractivity contribution is 0.670. The van der Waals surface area contributed by atoms with Gasteiger partial charge in [-0.05, 0) is 91.6 Å². The third-order valence-electron chi connectivity index (χ3n) is 12.8. The Morgan fingerprint density at radius 1 is 0.286 bits per heavy atom. The molecule has 3 heteroatoms. The van der Waals surface area contributed by atoms with E-state index in [-0.39, 0.29) is 0 Å². The van der Waals surface area contributed by atoms with Crippen LogP contribution in [0.5, 0.6) is 0 Å². The highest BCUT2D eigenvalue weighted by molar-refractivity contribution is 6.24. The topological polar surface area (TPSA) is 29.5 Å². The van der Waals surface area contributed by atoms with Crippen molar-refractivity contribution in [1.29, 1.82) is 0 Å². The van der Waals surface area contributed by atoms with Crippen LogP contribution >= 0.6 is 0 Å². The first-order chi connectivity index (χ1) is 31.2. The highest BCUT2D eigenvalue weighted by Crippen LogP contribution is 2.48. The SMILES string of the molecule is c1ccc(-c2ccc(-c3cccc4c3oc3c(-c5cc6c(oc7cccc(N(c8ccc9ccccc9c8)c8ccc9ccccc9c8)c76)c6ccccc56)cccc34)cc2)cc1. The molecule has 63 heavy (non-hydrogen) atoms. The molecule has 0 radical (unpaired) electrons. The third kappa shape index (κ3) is 5.67. The molecule has 294 valence electrons. The molecule has 3 nitrogen and oxygen atoms in total. The van der Waals surface area contributed by atoms with Crippen molar-refractivity contribution in [2.45, 2.75) is 0 Å². The van der Waals surface area contributed by atoms with Crippen molar-refractivity contribution in [3.05, 3.63) is 224 Å². The number of fused-ring (bicyclic) bond motifs is 10. The van der Waals surface area contributed by atoms with E-state index in [1.54, 1.807) is 0 Å². The van der Waals surface area contributed by atoms with E-state index in [1.165, 1.54) is 32.7 Å². The average molecular weight is 804 g/mol. The van der Waals surface area contributed by atoms with Gasteiger partial charge in [-0.15, -0.1) is 0 Å². The first kappa shape index (κ1) is 35.4. The van der Waals surface area contributed by atoms with Gasteiger partial charge in [0.15, 0.2) is 0 Å². The van der Waals surface area contributed by atoms with Gasteiger partial charge in [0.05, 0.1) is 11.1 Å². The maximum Gasteiger partial charge on any atom is 0.143 e. The van der Waals surface area contributed by atoms with E-state index in [0.29, 0.717) is 0 Å². The summed E-state index contributed by atoms with van der Waals surface area (Å²) in [5, 5.41) is 11.2. The fourth-order valence-electron chi connectivity index (χ4n) is 9.83. The summed E-state index contributed by atoms with van der Waals surface area (Å²) in [6, 6.07) is 80.3. The quantitative estimate of drug-likeness (QED) is 0.168. The molecular weight excluding hydrogens is 767 g/mol. The number of benzene rings is 11. The molecule has 0 aliphatic heterocycles. The molecule has 0 aliphatic carbocycles. The first-order valence-electron chi connectivity index (χ1n) is 21.5. The third-order valence-corrected chi connectivity index (χ3v) is 12.8. The lowest BCUT2D eigenvalue weighted by Gasteiger charge is -2.27. The summed E-state index contributed by atoms with van der Waals surface area (Å²) in [5.74, 6) is 0. The molecule has 0 amide bonds. The summed E-state index contributed by atoms with van der Waals surface area (Å²) in [5.41, 5.74) is 13.4. The van der Waals surface area contributed by atoms with E-state index in [0.717, 1.165) is 94.0 Å². The second-order valence-corrected chi connectivity index (χ2v) is 16.4. The zero-order chi connectivity index (χ0) is 41.4. The molecule has 0 N–H and O–H groups in total. The molecule has 13 rings (SSSR count). The lowest BCUT2D eigenvalue weighted by Crippen LogP contribution is -2.10. The van der Waals surface area contributed by atoms with Crippen molar-refractivity contribution in [2.24, 2.45) is 0 Å². The van der Waals surface area contributed by atoms with Gasteiger partial charge in [0.1, 0.15) is 22.3 Å². The van der Waals surface area contributed by atoms with Crippen LogP contribution in [0.4, 0.5) is 17.1 Å². The Kier molecular flexibility index (Phi) is 7.91. The van der Waals surface area contributed by atoms with Gasteiger partial charge >= 0.3 is 0 Å². The van der Waals surface area contributed by atoms with Crippen molar-refractivity contribution in [2.75, 3.05) is 4.90 Å². The molecule has 0 bridgehead atoms. The summed E-state index contributed by atoms with van der Waals surface area (Å²) in [4.78, 5) is 2.39. The van der Waals surface area contributed by atoms with Gasteiger partial charge in [0, 0.05) is 44.0 Å². The summed E-state index contributed by atoms with van der Waals surface area (Å²) in [7, 11) is 0. The van der Waals surface area contributed by atoms with Gasteiger partial charge in [-0.25, -0.2) is 0 Å². The minimum Gasteiger partial charge on any atom is -0.455 e. The second-order valence-electron chi connectivity index (χ2n) is 16.4. The second kappa shape index (κ2) is 14.1. The van der Waals surface area contributed by atoms with Gasteiger partial charge < -0.3 is 13.7 Å². The normalized spacial score (nSPS) is 11.8. The fourth-order valence-corrected chi connectivity index (χ4v) is 9.83.